The molecule has 2 rings (SSSR count). The van der Waals surface area contributed by atoms with Gasteiger partial charge in [0.25, 0.3) is 5.69 Å². The number of phenols is 2. The molecule has 0 unspecified atom stereocenters. The summed E-state index contributed by atoms with van der Waals surface area (Å²) in [6, 6.07) is 5.43. The number of amides is 1. The zero-order valence-corrected chi connectivity index (χ0v) is 14.2. The number of hydrogen-bond donors (Lipinski definition) is 4. The number of nitro groups is 1. The number of carbonyl (C=O) groups excluding carboxylic acids is 1. The molecule has 1 amide bonds. The number of nitrogens with zero attached hydrogens (tertiary/aromatic N) is 1. The lowest BCUT2D eigenvalue weighted by Gasteiger charge is -2.17. The quantitative estimate of drug-likeness (QED) is 0.329. The van der Waals surface area contributed by atoms with E-state index in [1.165, 1.54) is 24.3 Å². The summed E-state index contributed by atoms with van der Waals surface area (Å²) in [5.41, 5.74) is 0.158. The molecule has 2 aromatic rings. The Labute approximate surface area is 156 Å². The van der Waals surface area contributed by atoms with Crippen LogP contribution < -0.4 is 5.32 Å². The van der Waals surface area contributed by atoms with Crippen LogP contribution in [0, 0.1) is 10.1 Å². The number of nitro benzene ring substituents is 1. The molecule has 0 aliphatic carbocycles. The van der Waals surface area contributed by atoms with Crippen molar-refractivity contribution in [1.29, 1.82) is 0 Å². The second kappa shape index (κ2) is 8.23. The van der Waals surface area contributed by atoms with Gasteiger partial charge in [0.15, 0.2) is 17.5 Å². The van der Waals surface area contributed by atoms with Gasteiger partial charge in [0.2, 0.25) is 0 Å². The van der Waals surface area contributed by atoms with Gasteiger partial charge in [-0.25, -0.2) is 9.59 Å². The lowest BCUT2D eigenvalue weighted by Crippen LogP contribution is -2.34. The van der Waals surface area contributed by atoms with Crippen LogP contribution in [0.5, 0.6) is 11.5 Å². The lowest BCUT2D eigenvalue weighted by atomic mass is 10.1. The monoisotopic (exact) mass is 396 g/mol. The summed E-state index contributed by atoms with van der Waals surface area (Å²) in [6.45, 7) is -0.259. The van der Waals surface area contributed by atoms with Gasteiger partial charge in [-0.2, -0.15) is 0 Å². The van der Waals surface area contributed by atoms with Crippen molar-refractivity contribution in [1.82, 2.24) is 5.32 Å². The highest BCUT2D eigenvalue weighted by Crippen LogP contribution is 2.34. The van der Waals surface area contributed by atoms with E-state index in [-0.39, 0.29) is 22.9 Å². The second-order valence-corrected chi connectivity index (χ2v) is 5.68. The topological polar surface area (TPSA) is 159 Å². The fraction of sp³-hybridized carbons (Fsp3) is 0.125. The highest BCUT2D eigenvalue weighted by atomic mass is 35.5. The van der Waals surface area contributed by atoms with Crippen molar-refractivity contribution in [2.45, 2.75) is 12.6 Å². The minimum absolute atomic E-state index is 0.129. The SMILES string of the molecule is O=C(N[C@@H](C(=O)O)c1cc(O)c(O)cc1Cl)OCc1ccc([N+](=O)[O-])cc1. The molecule has 0 bridgehead atoms. The van der Waals surface area contributed by atoms with Crippen molar-refractivity contribution < 1.29 is 34.6 Å². The van der Waals surface area contributed by atoms with Crippen LogP contribution in [-0.2, 0) is 16.1 Å². The molecule has 2 aromatic carbocycles. The first-order valence-corrected chi connectivity index (χ1v) is 7.67. The van der Waals surface area contributed by atoms with Crippen molar-refractivity contribution >= 4 is 29.4 Å². The molecule has 0 spiro atoms. The summed E-state index contributed by atoms with van der Waals surface area (Å²) in [5, 5.41) is 40.6. The van der Waals surface area contributed by atoms with Crippen molar-refractivity contribution in [2.75, 3.05) is 0 Å². The first-order valence-electron chi connectivity index (χ1n) is 7.30. The van der Waals surface area contributed by atoms with Crippen LogP contribution in [-0.4, -0.2) is 32.3 Å². The van der Waals surface area contributed by atoms with Crippen molar-refractivity contribution in [3.05, 3.63) is 62.7 Å². The molecule has 142 valence electrons. The molecule has 10 nitrogen and oxygen atoms in total. The number of hydrogen-bond acceptors (Lipinski definition) is 7. The van der Waals surface area contributed by atoms with E-state index in [2.05, 4.69) is 5.32 Å². The zero-order chi connectivity index (χ0) is 20.1. The number of carboxylic acids is 1. The summed E-state index contributed by atoms with van der Waals surface area (Å²) < 4.78 is 4.89. The summed E-state index contributed by atoms with van der Waals surface area (Å²) in [7, 11) is 0. The largest absolute Gasteiger partial charge is 0.504 e. The van der Waals surface area contributed by atoms with Crippen LogP contribution in [0.3, 0.4) is 0 Å². The number of non-ortho nitro benzene ring substituents is 1. The average Bonchev–Trinajstić information content (AvgIpc) is 2.61. The minimum atomic E-state index is -1.65. The van der Waals surface area contributed by atoms with Gasteiger partial charge in [-0.3, -0.25) is 10.1 Å². The fourth-order valence-electron chi connectivity index (χ4n) is 2.08. The number of alkyl carbamates (subject to hydrolysis) is 1. The minimum Gasteiger partial charge on any atom is -0.504 e. The van der Waals surface area contributed by atoms with Crippen LogP contribution >= 0.6 is 11.6 Å². The van der Waals surface area contributed by atoms with E-state index in [0.717, 1.165) is 12.1 Å². The molecule has 0 aliphatic rings. The van der Waals surface area contributed by atoms with E-state index in [9.17, 15) is 35.0 Å². The molecule has 0 aliphatic heterocycles. The highest BCUT2D eigenvalue weighted by Gasteiger charge is 2.26. The third-order valence-corrected chi connectivity index (χ3v) is 3.76. The Morgan fingerprint density at radius 3 is 2.33 bits per heavy atom. The van der Waals surface area contributed by atoms with E-state index < -0.39 is 34.5 Å². The molecule has 11 heteroatoms. The molecule has 0 fully saturated rings. The lowest BCUT2D eigenvalue weighted by molar-refractivity contribution is -0.384. The number of halogens is 1. The molecule has 0 heterocycles. The molecule has 1 atom stereocenters. The number of aromatic hydroxyl groups is 2. The van der Waals surface area contributed by atoms with Crippen LogP contribution in [0.1, 0.15) is 17.2 Å². The van der Waals surface area contributed by atoms with Crippen LogP contribution in [0.4, 0.5) is 10.5 Å². The van der Waals surface area contributed by atoms with E-state index in [4.69, 9.17) is 16.3 Å². The maximum absolute atomic E-state index is 11.9. The number of ether oxygens (including phenoxy) is 1. The van der Waals surface area contributed by atoms with E-state index in [1.54, 1.807) is 0 Å². The molecule has 0 aromatic heterocycles. The molecular formula is C16H13ClN2O8. The molecule has 4 N–H and O–H groups in total. The zero-order valence-electron chi connectivity index (χ0n) is 13.5. The maximum Gasteiger partial charge on any atom is 0.408 e. The Morgan fingerprint density at radius 1 is 1.19 bits per heavy atom. The highest BCUT2D eigenvalue weighted by molar-refractivity contribution is 6.31. The van der Waals surface area contributed by atoms with Crippen molar-refractivity contribution in [2.24, 2.45) is 0 Å². The Morgan fingerprint density at radius 2 is 1.78 bits per heavy atom. The van der Waals surface area contributed by atoms with E-state index in [1.807, 2.05) is 0 Å². The Hall–Kier alpha value is -3.53. The number of phenolic OH excluding ortho intramolecular Hbond substituents is 2. The van der Waals surface area contributed by atoms with Crippen LogP contribution in [0.2, 0.25) is 5.02 Å². The van der Waals surface area contributed by atoms with Gasteiger partial charge in [0.1, 0.15) is 6.61 Å². The van der Waals surface area contributed by atoms with E-state index in [0.29, 0.717) is 5.56 Å². The van der Waals surface area contributed by atoms with Gasteiger partial charge in [-0.05, 0) is 23.8 Å². The summed E-state index contributed by atoms with van der Waals surface area (Å²) >= 11 is 5.86. The molecule has 0 saturated carbocycles. The molecule has 0 saturated heterocycles. The van der Waals surface area contributed by atoms with Gasteiger partial charge in [0.05, 0.1) is 9.95 Å². The Kier molecular flexibility index (Phi) is 6.03. The Balaban J connectivity index is 2.06. The average molecular weight is 397 g/mol. The second-order valence-electron chi connectivity index (χ2n) is 5.28. The van der Waals surface area contributed by atoms with Crippen molar-refractivity contribution in [3.8, 4) is 11.5 Å². The van der Waals surface area contributed by atoms with Crippen LogP contribution in [0.15, 0.2) is 36.4 Å². The molecule has 0 radical (unpaired) electrons. The number of rotatable bonds is 6. The summed E-state index contributed by atoms with van der Waals surface area (Å²) in [4.78, 5) is 33.3. The predicted octanol–water partition coefficient (Wildman–Crippen LogP) is 2.71. The molecule has 27 heavy (non-hydrogen) atoms. The third kappa shape index (κ3) is 4.98. The standard InChI is InChI=1S/C16H13ClN2O8/c17-11-6-13(21)12(20)5-10(11)14(15(22)23)18-16(24)27-7-8-1-3-9(4-2-8)19(25)26/h1-6,14,20-21H,7H2,(H,18,24)(H,22,23)/t14-/m1/s1. The third-order valence-electron chi connectivity index (χ3n) is 3.43. The number of nitrogens with one attached hydrogen (secondary N) is 1. The number of benzene rings is 2. The van der Waals surface area contributed by atoms with Crippen molar-refractivity contribution in [3.63, 3.8) is 0 Å². The van der Waals surface area contributed by atoms with Gasteiger partial charge >= 0.3 is 12.1 Å². The molecular weight excluding hydrogens is 384 g/mol. The Bertz CT molecular complexity index is 885. The summed E-state index contributed by atoms with van der Waals surface area (Å²) in [6.07, 6.45) is -1.09. The predicted molar refractivity (Wildman–Crippen MR) is 91.6 cm³/mol. The number of carboxylic acid groups (broad SMARTS) is 1. The summed E-state index contributed by atoms with van der Waals surface area (Å²) in [5.74, 6) is -2.63. The number of carbonyl (C=O) groups is 2. The maximum atomic E-state index is 11.9. The van der Waals surface area contributed by atoms with Gasteiger partial charge in [-0.1, -0.05) is 11.6 Å². The van der Waals surface area contributed by atoms with E-state index >= 15 is 0 Å². The van der Waals surface area contributed by atoms with Crippen LogP contribution in [0.25, 0.3) is 0 Å². The van der Waals surface area contributed by atoms with Gasteiger partial charge < -0.3 is 25.4 Å². The van der Waals surface area contributed by atoms with Gasteiger partial charge in [-0.15, -0.1) is 0 Å². The first kappa shape index (κ1) is 19.8. The number of aliphatic carboxylic acids is 1. The fourth-order valence-corrected chi connectivity index (χ4v) is 2.35. The van der Waals surface area contributed by atoms with Gasteiger partial charge in [0, 0.05) is 23.8 Å². The first-order chi connectivity index (χ1) is 12.7. The normalized spacial score (nSPS) is 11.4. The smallest absolute Gasteiger partial charge is 0.408 e.